The van der Waals surface area contributed by atoms with Crippen molar-refractivity contribution < 1.29 is 14.7 Å². The molecule has 0 saturated heterocycles. The Bertz CT molecular complexity index is 448. The third-order valence-corrected chi connectivity index (χ3v) is 2.97. The van der Waals surface area contributed by atoms with Gasteiger partial charge in [-0.25, -0.2) is 9.59 Å². The molecule has 1 aromatic carbocycles. The van der Waals surface area contributed by atoms with Gasteiger partial charge in [-0.05, 0) is 41.1 Å². The van der Waals surface area contributed by atoms with E-state index in [4.69, 9.17) is 5.11 Å². The molecule has 0 spiro atoms. The molecular weight excluding hydrogens is 288 g/mol. The topological polar surface area (TPSA) is 69.6 Å². The molecule has 0 fully saturated rings. The summed E-state index contributed by atoms with van der Waals surface area (Å²) in [7, 11) is 1.66. The van der Waals surface area contributed by atoms with Gasteiger partial charge in [0.1, 0.15) is 0 Å². The molecule has 2 N–H and O–H groups in total. The summed E-state index contributed by atoms with van der Waals surface area (Å²) in [6, 6.07) is 4.18. The Morgan fingerprint density at radius 1 is 1.47 bits per heavy atom. The maximum Gasteiger partial charge on any atom is 0.335 e. The Morgan fingerprint density at radius 3 is 2.65 bits per heavy atom. The Balaban J connectivity index is 2.94. The number of nitrogens with zero attached hydrogens (tertiary/aromatic N) is 1. The minimum atomic E-state index is -1.03. The van der Waals surface area contributed by atoms with E-state index in [0.717, 1.165) is 0 Å². The molecule has 0 heterocycles. The lowest BCUT2D eigenvalue weighted by molar-refractivity contribution is 0.0697. The highest BCUT2D eigenvalue weighted by atomic mass is 79.9. The standard InChI is InChI=1S/C11H13BrN2O3/c1-3-14(2)11(17)13-9-6-7(10(15)16)4-5-8(9)12/h4-6H,3H2,1-2H3,(H,13,17)(H,15,16). The molecule has 0 aliphatic rings. The molecule has 17 heavy (non-hydrogen) atoms. The maximum atomic E-state index is 11.6. The van der Waals surface area contributed by atoms with E-state index in [-0.39, 0.29) is 11.6 Å². The second kappa shape index (κ2) is 5.67. The molecule has 92 valence electrons. The molecule has 0 atom stereocenters. The monoisotopic (exact) mass is 300 g/mol. The summed E-state index contributed by atoms with van der Waals surface area (Å²) < 4.78 is 0.639. The van der Waals surface area contributed by atoms with Crippen molar-refractivity contribution in [3.8, 4) is 0 Å². The second-order valence-corrected chi connectivity index (χ2v) is 4.30. The van der Waals surface area contributed by atoms with Crippen LogP contribution in [0, 0.1) is 0 Å². The molecule has 0 aliphatic carbocycles. The Labute approximate surface area is 108 Å². The van der Waals surface area contributed by atoms with Gasteiger partial charge in [-0.1, -0.05) is 0 Å². The number of amides is 2. The number of carbonyl (C=O) groups excluding carboxylic acids is 1. The van der Waals surface area contributed by atoms with Crippen LogP contribution in [0.3, 0.4) is 0 Å². The number of rotatable bonds is 3. The van der Waals surface area contributed by atoms with E-state index in [9.17, 15) is 9.59 Å². The van der Waals surface area contributed by atoms with Crippen LogP contribution in [-0.2, 0) is 0 Å². The largest absolute Gasteiger partial charge is 0.478 e. The number of benzene rings is 1. The molecule has 0 saturated carbocycles. The van der Waals surface area contributed by atoms with Gasteiger partial charge < -0.3 is 15.3 Å². The Hall–Kier alpha value is -1.56. The molecular formula is C11H13BrN2O3. The number of hydrogen-bond acceptors (Lipinski definition) is 2. The molecule has 0 bridgehead atoms. The van der Waals surface area contributed by atoms with Crippen LogP contribution in [0.4, 0.5) is 10.5 Å². The first-order chi connectivity index (χ1) is 7.95. The van der Waals surface area contributed by atoms with Crippen LogP contribution in [0.2, 0.25) is 0 Å². The summed E-state index contributed by atoms with van der Waals surface area (Å²) in [6.45, 7) is 2.42. The van der Waals surface area contributed by atoms with E-state index < -0.39 is 5.97 Å². The van der Waals surface area contributed by atoms with Crippen LogP contribution in [0.5, 0.6) is 0 Å². The fourth-order valence-corrected chi connectivity index (χ4v) is 1.45. The number of anilines is 1. The van der Waals surface area contributed by atoms with Gasteiger partial charge in [0.15, 0.2) is 0 Å². The molecule has 2 amide bonds. The molecule has 1 rings (SSSR count). The molecule has 5 nitrogen and oxygen atoms in total. The van der Waals surface area contributed by atoms with Crippen LogP contribution < -0.4 is 5.32 Å². The van der Waals surface area contributed by atoms with Crippen molar-refractivity contribution in [2.45, 2.75) is 6.92 Å². The highest BCUT2D eigenvalue weighted by Gasteiger charge is 2.11. The average molecular weight is 301 g/mol. The van der Waals surface area contributed by atoms with Gasteiger partial charge in [-0.3, -0.25) is 0 Å². The SMILES string of the molecule is CCN(C)C(=O)Nc1cc(C(=O)O)ccc1Br. The summed E-state index contributed by atoms with van der Waals surface area (Å²) in [5, 5.41) is 11.5. The maximum absolute atomic E-state index is 11.6. The van der Waals surface area contributed by atoms with Crippen LogP contribution in [0.25, 0.3) is 0 Å². The molecule has 6 heteroatoms. The normalized spacial score (nSPS) is 9.82. The van der Waals surface area contributed by atoms with E-state index >= 15 is 0 Å². The highest BCUT2D eigenvalue weighted by molar-refractivity contribution is 9.10. The van der Waals surface area contributed by atoms with Crippen LogP contribution >= 0.6 is 15.9 Å². The highest BCUT2D eigenvalue weighted by Crippen LogP contribution is 2.23. The number of halogens is 1. The number of nitrogens with one attached hydrogen (secondary N) is 1. The Morgan fingerprint density at radius 2 is 2.12 bits per heavy atom. The number of aromatic carboxylic acids is 1. The zero-order chi connectivity index (χ0) is 13.0. The van der Waals surface area contributed by atoms with Gasteiger partial charge in [0.25, 0.3) is 0 Å². The van der Waals surface area contributed by atoms with Crippen LogP contribution in [0.1, 0.15) is 17.3 Å². The summed E-state index contributed by atoms with van der Waals surface area (Å²) in [4.78, 5) is 23.9. The summed E-state index contributed by atoms with van der Waals surface area (Å²) >= 11 is 3.25. The van der Waals surface area contributed by atoms with Gasteiger partial charge in [0, 0.05) is 18.1 Å². The third kappa shape index (κ3) is 3.45. The van der Waals surface area contributed by atoms with Crippen molar-refractivity contribution in [3.05, 3.63) is 28.2 Å². The lowest BCUT2D eigenvalue weighted by Gasteiger charge is -2.16. The Kier molecular flexibility index (Phi) is 4.51. The van der Waals surface area contributed by atoms with Gasteiger partial charge in [0.05, 0.1) is 11.3 Å². The number of carboxylic acids is 1. The zero-order valence-electron chi connectivity index (χ0n) is 9.53. The van der Waals surface area contributed by atoms with E-state index in [1.807, 2.05) is 6.92 Å². The predicted octanol–water partition coefficient (Wildman–Crippen LogP) is 2.63. The van der Waals surface area contributed by atoms with Crippen molar-refractivity contribution in [1.82, 2.24) is 4.90 Å². The summed E-state index contributed by atoms with van der Waals surface area (Å²) in [5.41, 5.74) is 0.567. The molecule has 0 aliphatic heterocycles. The fourth-order valence-electron chi connectivity index (χ4n) is 1.11. The van der Waals surface area contributed by atoms with Crippen molar-refractivity contribution in [1.29, 1.82) is 0 Å². The quantitative estimate of drug-likeness (QED) is 0.901. The first-order valence-electron chi connectivity index (χ1n) is 5.00. The first-order valence-corrected chi connectivity index (χ1v) is 5.80. The van der Waals surface area contributed by atoms with E-state index in [0.29, 0.717) is 16.7 Å². The average Bonchev–Trinajstić information content (AvgIpc) is 2.30. The smallest absolute Gasteiger partial charge is 0.335 e. The molecule has 0 aromatic heterocycles. The van der Waals surface area contributed by atoms with Crippen molar-refractivity contribution >= 4 is 33.6 Å². The van der Waals surface area contributed by atoms with Gasteiger partial charge >= 0.3 is 12.0 Å². The van der Waals surface area contributed by atoms with Gasteiger partial charge in [-0.2, -0.15) is 0 Å². The van der Waals surface area contributed by atoms with Gasteiger partial charge in [0.2, 0.25) is 0 Å². The zero-order valence-corrected chi connectivity index (χ0v) is 11.1. The third-order valence-electron chi connectivity index (χ3n) is 2.28. The molecule has 0 unspecified atom stereocenters. The lowest BCUT2D eigenvalue weighted by Crippen LogP contribution is -2.31. The number of carbonyl (C=O) groups is 2. The molecule has 1 aromatic rings. The number of hydrogen-bond donors (Lipinski definition) is 2. The second-order valence-electron chi connectivity index (χ2n) is 3.44. The van der Waals surface area contributed by atoms with E-state index in [1.165, 1.54) is 17.0 Å². The fraction of sp³-hybridized carbons (Fsp3) is 0.273. The van der Waals surface area contributed by atoms with Crippen LogP contribution in [-0.4, -0.2) is 35.6 Å². The van der Waals surface area contributed by atoms with Gasteiger partial charge in [-0.15, -0.1) is 0 Å². The minimum absolute atomic E-state index is 0.127. The minimum Gasteiger partial charge on any atom is -0.478 e. The van der Waals surface area contributed by atoms with E-state index in [2.05, 4.69) is 21.2 Å². The van der Waals surface area contributed by atoms with Crippen molar-refractivity contribution in [2.75, 3.05) is 18.9 Å². The lowest BCUT2D eigenvalue weighted by atomic mass is 10.2. The van der Waals surface area contributed by atoms with Crippen molar-refractivity contribution in [3.63, 3.8) is 0 Å². The van der Waals surface area contributed by atoms with Crippen LogP contribution in [0.15, 0.2) is 22.7 Å². The summed E-state index contributed by atoms with van der Waals surface area (Å²) in [6.07, 6.45) is 0. The first kappa shape index (κ1) is 13.5. The summed E-state index contributed by atoms with van der Waals surface area (Å²) in [5.74, 6) is -1.03. The number of carboxylic acid groups (broad SMARTS) is 1. The number of urea groups is 1. The van der Waals surface area contributed by atoms with E-state index in [1.54, 1.807) is 13.1 Å². The predicted molar refractivity (Wildman–Crippen MR) is 68.4 cm³/mol. The molecule has 0 radical (unpaired) electrons. The van der Waals surface area contributed by atoms with Crippen molar-refractivity contribution in [2.24, 2.45) is 0 Å².